The van der Waals surface area contributed by atoms with Gasteiger partial charge < -0.3 is 9.84 Å². The summed E-state index contributed by atoms with van der Waals surface area (Å²) in [6.07, 6.45) is 12.1. The Morgan fingerprint density at radius 1 is 1.20 bits per heavy atom. The molecule has 1 aliphatic heterocycles. The van der Waals surface area contributed by atoms with Crippen LogP contribution >= 0.6 is 0 Å². The van der Waals surface area contributed by atoms with Gasteiger partial charge in [-0.15, -0.1) is 0 Å². The van der Waals surface area contributed by atoms with Gasteiger partial charge >= 0.3 is 0 Å². The summed E-state index contributed by atoms with van der Waals surface area (Å²) in [6.45, 7) is 3.25. The maximum atomic E-state index is 8.08. The molecule has 0 aromatic carbocycles. The van der Waals surface area contributed by atoms with E-state index in [0.717, 1.165) is 12.5 Å². The van der Waals surface area contributed by atoms with E-state index >= 15 is 0 Å². The van der Waals surface area contributed by atoms with Crippen LogP contribution in [-0.2, 0) is 4.74 Å². The van der Waals surface area contributed by atoms with Crippen molar-refractivity contribution in [3.8, 4) is 0 Å². The lowest BCUT2D eigenvalue weighted by atomic mass is 9.86. The first-order chi connectivity index (χ1) is 7.36. The Kier molecular flexibility index (Phi) is 7.03. The molecular formula is C13H26O2. The second-order valence-electron chi connectivity index (χ2n) is 4.78. The average Bonchev–Trinajstić information content (AvgIpc) is 3.12. The lowest BCUT2D eigenvalue weighted by Crippen LogP contribution is -2.05. The summed E-state index contributed by atoms with van der Waals surface area (Å²) in [5.74, 6) is 1.11. The van der Waals surface area contributed by atoms with Crippen molar-refractivity contribution in [3.63, 3.8) is 0 Å². The molecular weight excluding hydrogens is 188 g/mol. The van der Waals surface area contributed by atoms with Crippen LogP contribution in [0.3, 0.4) is 0 Å². The van der Waals surface area contributed by atoms with Gasteiger partial charge in [0, 0.05) is 0 Å². The Bertz CT molecular complexity index is 137. The summed E-state index contributed by atoms with van der Waals surface area (Å²) in [4.78, 5) is 0. The number of hydrogen-bond acceptors (Lipinski definition) is 2. The van der Waals surface area contributed by atoms with E-state index in [1.165, 1.54) is 51.4 Å². The third-order valence-corrected chi connectivity index (χ3v) is 3.30. The van der Waals surface area contributed by atoms with E-state index in [9.17, 15) is 0 Å². The third kappa shape index (κ3) is 6.91. The summed E-state index contributed by atoms with van der Waals surface area (Å²) >= 11 is 0. The van der Waals surface area contributed by atoms with Gasteiger partial charge in [-0.1, -0.05) is 58.3 Å². The summed E-state index contributed by atoms with van der Waals surface area (Å²) in [7, 11) is 0. The molecule has 0 aromatic heterocycles. The maximum Gasteiger partial charge on any atom is 0.104 e. The molecule has 2 nitrogen and oxygen atoms in total. The molecule has 2 rings (SSSR count). The molecule has 2 aliphatic rings. The Balaban J connectivity index is 0.000000187. The average molecular weight is 214 g/mol. The summed E-state index contributed by atoms with van der Waals surface area (Å²) in [6, 6.07) is 0. The third-order valence-electron chi connectivity index (χ3n) is 3.30. The predicted molar refractivity (Wildman–Crippen MR) is 62.9 cm³/mol. The maximum absolute atomic E-state index is 8.08. The van der Waals surface area contributed by atoms with E-state index in [0.29, 0.717) is 0 Å². The van der Waals surface area contributed by atoms with Crippen LogP contribution in [0, 0.1) is 5.92 Å². The fourth-order valence-corrected chi connectivity index (χ4v) is 2.14. The molecule has 1 N–H and O–H groups in total. The van der Waals surface area contributed by atoms with Gasteiger partial charge in [-0.25, -0.2) is 0 Å². The van der Waals surface area contributed by atoms with E-state index in [2.05, 4.69) is 11.7 Å². The van der Waals surface area contributed by atoms with Crippen molar-refractivity contribution in [2.45, 2.75) is 64.4 Å². The topological polar surface area (TPSA) is 32.8 Å². The second-order valence-corrected chi connectivity index (χ2v) is 4.78. The fraction of sp³-hybridized carbons (Fsp3) is 1.00. The number of unbranched alkanes of at least 4 members (excludes halogenated alkanes) is 1. The minimum atomic E-state index is 0.190. The molecule has 2 fully saturated rings. The minimum Gasteiger partial charge on any atom is -0.394 e. The van der Waals surface area contributed by atoms with Crippen molar-refractivity contribution in [1.82, 2.24) is 0 Å². The SMILES string of the molecule is CCCCC1CCCCC1.OCC1CO1. The highest BCUT2D eigenvalue weighted by Crippen LogP contribution is 2.27. The highest BCUT2D eigenvalue weighted by Gasteiger charge is 2.19. The largest absolute Gasteiger partial charge is 0.394 e. The highest BCUT2D eigenvalue weighted by atomic mass is 16.6. The lowest BCUT2D eigenvalue weighted by molar-refractivity contribution is 0.244. The first kappa shape index (κ1) is 13.0. The van der Waals surface area contributed by atoms with Crippen molar-refractivity contribution in [2.75, 3.05) is 13.2 Å². The molecule has 0 bridgehead atoms. The number of hydrogen-bond donors (Lipinski definition) is 1. The van der Waals surface area contributed by atoms with Gasteiger partial charge in [0.15, 0.2) is 0 Å². The highest BCUT2D eigenvalue weighted by molar-refractivity contribution is 4.65. The van der Waals surface area contributed by atoms with Crippen molar-refractivity contribution in [2.24, 2.45) is 5.92 Å². The van der Waals surface area contributed by atoms with Crippen LogP contribution in [0.2, 0.25) is 0 Å². The van der Waals surface area contributed by atoms with E-state index in [1.807, 2.05) is 0 Å². The second kappa shape index (κ2) is 8.12. The zero-order valence-electron chi connectivity index (χ0n) is 10.1. The number of aliphatic hydroxyl groups excluding tert-OH is 1. The molecule has 15 heavy (non-hydrogen) atoms. The van der Waals surface area contributed by atoms with Crippen LogP contribution in [-0.4, -0.2) is 24.4 Å². The standard InChI is InChI=1S/C10H20.C3H6O2/c1-2-3-7-10-8-5-4-6-9-10;4-1-3-2-5-3/h10H,2-9H2,1H3;3-4H,1-2H2. The fourth-order valence-electron chi connectivity index (χ4n) is 2.14. The molecule has 0 spiro atoms. The van der Waals surface area contributed by atoms with Gasteiger partial charge in [0.1, 0.15) is 6.10 Å². The van der Waals surface area contributed by atoms with Crippen LogP contribution in [0.5, 0.6) is 0 Å². The Labute approximate surface area is 94.0 Å². The normalized spacial score (nSPS) is 25.6. The molecule has 0 radical (unpaired) electrons. The summed E-state index contributed by atoms with van der Waals surface area (Å²) in [5, 5.41) is 8.08. The van der Waals surface area contributed by atoms with Gasteiger partial charge in [-0.3, -0.25) is 0 Å². The quantitative estimate of drug-likeness (QED) is 0.729. The van der Waals surface area contributed by atoms with Gasteiger partial charge in [0.05, 0.1) is 13.2 Å². The first-order valence-electron chi connectivity index (χ1n) is 6.59. The number of ether oxygens (including phenoxy) is 1. The Morgan fingerprint density at radius 3 is 2.27 bits per heavy atom. The molecule has 90 valence electrons. The van der Waals surface area contributed by atoms with Crippen molar-refractivity contribution < 1.29 is 9.84 Å². The van der Waals surface area contributed by atoms with Crippen molar-refractivity contribution >= 4 is 0 Å². The molecule has 0 amide bonds. The predicted octanol–water partition coefficient (Wildman–Crippen LogP) is 3.13. The zero-order valence-corrected chi connectivity index (χ0v) is 10.1. The van der Waals surface area contributed by atoms with E-state index in [1.54, 1.807) is 0 Å². The van der Waals surface area contributed by atoms with Crippen molar-refractivity contribution in [3.05, 3.63) is 0 Å². The Hall–Kier alpha value is -0.0800. The molecule has 0 aromatic rings. The first-order valence-corrected chi connectivity index (χ1v) is 6.59. The van der Waals surface area contributed by atoms with Crippen LogP contribution in [0.4, 0.5) is 0 Å². The van der Waals surface area contributed by atoms with Gasteiger partial charge in [-0.2, -0.15) is 0 Å². The van der Waals surface area contributed by atoms with Crippen LogP contribution in [0.25, 0.3) is 0 Å². The summed E-state index contributed by atoms with van der Waals surface area (Å²) < 4.78 is 4.61. The minimum absolute atomic E-state index is 0.190. The number of epoxide rings is 1. The van der Waals surface area contributed by atoms with Crippen LogP contribution in [0.1, 0.15) is 58.3 Å². The molecule has 1 unspecified atom stereocenters. The van der Waals surface area contributed by atoms with Crippen LogP contribution in [0.15, 0.2) is 0 Å². The Morgan fingerprint density at radius 2 is 1.87 bits per heavy atom. The van der Waals surface area contributed by atoms with E-state index in [-0.39, 0.29) is 12.7 Å². The van der Waals surface area contributed by atoms with Gasteiger partial charge in [-0.05, 0) is 5.92 Å². The number of rotatable bonds is 4. The monoisotopic (exact) mass is 214 g/mol. The molecule has 1 saturated heterocycles. The molecule has 1 atom stereocenters. The molecule has 1 heterocycles. The molecule has 1 aliphatic carbocycles. The van der Waals surface area contributed by atoms with E-state index in [4.69, 9.17) is 5.11 Å². The van der Waals surface area contributed by atoms with Crippen LogP contribution < -0.4 is 0 Å². The molecule has 1 saturated carbocycles. The smallest absolute Gasteiger partial charge is 0.104 e. The zero-order chi connectivity index (χ0) is 10.9. The van der Waals surface area contributed by atoms with Gasteiger partial charge in [0.25, 0.3) is 0 Å². The summed E-state index contributed by atoms with van der Waals surface area (Å²) in [5.41, 5.74) is 0. The molecule has 2 heteroatoms. The van der Waals surface area contributed by atoms with E-state index < -0.39 is 0 Å². The van der Waals surface area contributed by atoms with Gasteiger partial charge in [0.2, 0.25) is 0 Å². The lowest BCUT2D eigenvalue weighted by Gasteiger charge is -2.20. The van der Waals surface area contributed by atoms with Crippen molar-refractivity contribution in [1.29, 1.82) is 0 Å². The number of aliphatic hydroxyl groups is 1.